The molecule has 4 heteroatoms. The maximum atomic E-state index is 12.9. The molecule has 1 heterocycles. The summed E-state index contributed by atoms with van der Waals surface area (Å²) in [5, 5.41) is 9.74. The molecular formula is C20H21NO3. The van der Waals surface area contributed by atoms with Crippen LogP contribution in [0.1, 0.15) is 18.1 Å². The van der Waals surface area contributed by atoms with Crippen LogP contribution in [0.5, 0.6) is 11.5 Å². The smallest absolute Gasteiger partial charge is 0.268 e. The lowest BCUT2D eigenvalue weighted by atomic mass is 10.0. The third-order valence-electron chi connectivity index (χ3n) is 3.98. The third kappa shape index (κ3) is 3.27. The van der Waals surface area contributed by atoms with Crippen LogP contribution in [-0.4, -0.2) is 23.7 Å². The second-order valence-electron chi connectivity index (χ2n) is 6.33. The number of aryl methyl sites for hydroxylation is 1. The first-order valence-electron chi connectivity index (χ1n) is 7.95. The number of fused-ring (bicyclic) bond motifs is 1. The van der Waals surface area contributed by atoms with Crippen molar-refractivity contribution in [2.75, 3.05) is 11.4 Å². The number of benzene rings is 2. The molecule has 0 aromatic heterocycles. The van der Waals surface area contributed by atoms with Crippen LogP contribution in [0.15, 0.2) is 54.6 Å². The molecule has 0 bridgehead atoms. The van der Waals surface area contributed by atoms with Gasteiger partial charge in [0.25, 0.3) is 5.91 Å². The van der Waals surface area contributed by atoms with E-state index < -0.39 is 6.10 Å². The second kappa shape index (κ2) is 6.40. The number of aromatic hydroxyl groups is 1. The monoisotopic (exact) mass is 323 g/mol. The number of hydrogen-bond acceptors (Lipinski definition) is 3. The minimum Gasteiger partial charge on any atom is -0.508 e. The van der Waals surface area contributed by atoms with Crippen LogP contribution in [0.25, 0.3) is 0 Å². The van der Waals surface area contributed by atoms with Crippen molar-refractivity contribution in [2.24, 2.45) is 0 Å². The van der Waals surface area contributed by atoms with Gasteiger partial charge in [0, 0.05) is 19.0 Å². The largest absolute Gasteiger partial charge is 0.508 e. The first kappa shape index (κ1) is 16.1. The van der Waals surface area contributed by atoms with Crippen LogP contribution in [0.4, 0.5) is 5.69 Å². The molecule has 0 aliphatic carbocycles. The van der Waals surface area contributed by atoms with Crippen molar-refractivity contribution in [2.45, 2.75) is 26.4 Å². The van der Waals surface area contributed by atoms with E-state index in [4.69, 9.17) is 4.74 Å². The van der Waals surface area contributed by atoms with E-state index in [9.17, 15) is 9.90 Å². The van der Waals surface area contributed by atoms with Gasteiger partial charge in [-0.15, -0.1) is 0 Å². The molecule has 0 radical (unpaired) electrons. The maximum Gasteiger partial charge on any atom is 0.268 e. The average molecular weight is 323 g/mol. The molecule has 1 N–H and O–H groups in total. The standard InChI is InChI=1S/C20H21NO3/c1-13(2)12-21-17-11-16(22)7-8-18(17)24-19(20(21)23)10-15-6-4-5-14(3)9-15/h4-9,11,19,22H,1,10,12H2,2-3H3. The minimum absolute atomic E-state index is 0.106. The van der Waals surface area contributed by atoms with Gasteiger partial charge in [-0.2, -0.15) is 0 Å². The van der Waals surface area contributed by atoms with Crippen LogP contribution < -0.4 is 9.64 Å². The fraction of sp³-hybridized carbons (Fsp3) is 0.250. The molecular weight excluding hydrogens is 302 g/mol. The molecule has 0 saturated heterocycles. The number of anilines is 1. The van der Waals surface area contributed by atoms with E-state index in [2.05, 4.69) is 12.6 Å². The average Bonchev–Trinajstić information content (AvgIpc) is 2.52. The van der Waals surface area contributed by atoms with Crippen LogP contribution in [-0.2, 0) is 11.2 Å². The highest BCUT2D eigenvalue weighted by Crippen LogP contribution is 2.37. The number of phenols is 1. The fourth-order valence-electron chi connectivity index (χ4n) is 2.93. The summed E-state index contributed by atoms with van der Waals surface area (Å²) in [6.45, 7) is 8.21. The minimum atomic E-state index is -0.580. The lowest BCUT2D eigenvalue weighted by Gasteiger charge is -2.34. The highest BCUT2D eigenvalue weighted by molar-refractivity contribution is 6.00. The van der Waals surface area contributed by atoms with Crippen molar-refractivity contribution in [1.29, 1.82) is 0 Å². The van der Waals surface area contributed by atoms with Gasteiger partial charge in [-0.25, -0.2) is 0 Å². The maximum absolute atomic E-state index is 12.9. The van der Waals surface area contributed by atoms with Crippen molar-refractivity contribution < 1.29 is 14.6 Å². The van der Waals surface area contributed by atoms with E-state index >= 15 is 0 Å². The van der Waals surface area contributed by atoms with E-state index in [1.54, 1.807) is 23.1 Å². The topological polar surface area (TPSA) is 49.8 Å². The van der Waals surface area contributed by atoms with Crippen molar-refractivity contribution >= 4 is 11.6 Å². The quantitative estimate of drug-likeness (QED) is 0.875. The Morgan fingerprint density at radius 3 is 2.79 bits per heavy atom. The van der Waals surface area contributed by atoms with Gasteiger partial charge >= 0.3 is 0 Å². The Kier molecular flexibility index (Phi) is 4.30. The molecule has 24 heavy (non-hydrogen) atoms. The third-order valence-corrected chi connectivity index (χ3v) is 3.98. The van der Waals surface area contributed by atoms with Gasteiger partial charge in [0.05, 0.1) is 5.69 Å². The Balaban J connectivity index is 1.94. The molecule has 0 saturated carbocycles. The van der Waals surface area contributed by atoms with Gasteiger partial charge in [-0.3, -0.25) is 4.79 Å². The molecule has 3 rings (SSSR count). The molecule has 0 spiro atoms. The molecule has 4 nitrogen and oxygen atoms in total. The van der Waals surface area contributed by atoms with E-state index in [1.807, 2.05) is 32.0 Å². The highest BCUT2D eigenvalue weighted by atomic mass is 16.5. The lowest BCUT2D eigenvalue weighted by molar-refractivity contribution is -0.126. The highest BCUT2D eigenvalue weighted by Gasteiger charge is 2.34. The molecule has 1 amide bonds. The second-order valence-corrected chi connectivity index (χ2v) is 6.33. The zero-order chi connectivity index (χ0) is 17.3. The number of phenolic OH excluding ortho intramolecular Hbond substituents is 1. The zero-order valence-corrected chi connectivity index (χ0v) is 14.0. The Labute approximate surface area is 142 Å². The van der Waals surface area contributed by atoms with Gasteiger partial charge < -0.3 is 14.7 Å². The predicted octanol–water partition coefficient (Wildman–Crippen LogP) is 3.61. The Hall–Kier alpha value is -2.75. The van der Waals surface area contributed by atoms with Gasteiger partial charge in [0.2, 0.25) is 0 Å². The number of amides is 1. The SMILES string of the molecule is C=C(C)CN1C(=O)C(Cc2cccc(C)c2)Oc2ccc(O)cc21. The van der Waals surface area contributed by atoms with Gasteiger partial charge in [0.1, 0.15) is 11.5 Å². The molecule has 1 aliphatic heterocycles. The van der Waals surface area contributed by atoms with E-state index in [1.165, 1.54) is 0 Å². The molecule has 2 aromatic rings. The Bertz CT molecular complexity index is 797. The van der Waals surface area contributed by atoms with E-state index in [0.29, 0.717) is 24.4 Å². The molecule has 124 valence electrons. The Morgan fingerprint density at radius 2 is 2.08 bits per heavy atom. The number of hydrogen-bond donors (Lipinski definition) is 1. The summed E-state index contributed by atoms with van der Waals surface area (Å²) < 4.78 is 5.92. The number of carbonyl (C=O) groups is 1. The summed E-state index contributed by atoms with van der Waals surface area (Å²) in [4.78, 5) is 14.5. The fourth-order valence-corrected chi connectivity index (χ4v) is 2.93. The normalized spacial score (nSPS) is 16.5. The van der Waals surface area contributed by atoms with Crippen LogP contribution in [0.3, 0.4) is 0 Å². The molecule has 0 fully saturated rings. The number of rotatable bonds is 4. The van der Waals surface area contributed by atoms with E-state index in [-0.39, 0.29) is 11.7 Å². The van der Waals surface area contributed by atoms with Crippen molar-refractivity contribution in [3.63, 3.8) is 0 Å². The van der Waals surface area contributed by atoms with Crippen LogP contribution >= 0.6 is 0 Å². The van der Waals surface area contributed by atoms with Crippen molar-refractivity contribution in [3.8, 4) is 11.5 Å². The van der Waals surface area contributed by atoms with Gasteiger partial charge in [0.15, 0.2) is 6.10 Å². The first-order valence-corrected chi connectivity index (χ1v) is 7.95. The summed E-state index contributed by atoms with van der Waals surface area (Å²) in [5.74, 6) is 0.595. The molecule has 1 unspecified atom stereocenters. The van der Waals surface area contributed by atoms with E-state index in [0.717, 1.165) is 16.7 Å². The number of nitrogens with zero attached hydrogens (tertiary/aromatic N) is 1. The summed E-state index contributed by atoms with van der Waals surface area (Å²) in [6, 6.07) is 12.9. The lowest BCUT2D eigenvalue weighted by Crippen LogP contribution is -2.47. The number of ether oxygens (including phenoxy) is 1. The zero-order valence-electron chi connectivity index (χ0n) is 14.0. The number of carbonyl (C=O) groups excluding carboxylic acids is 1. The van der Waals surface area contributed by atoms with Crippen LogP contribution in [0.2, 0.25) is 0 Å². The van der Waals surface area contributed by atoms with Crippen molar-refractivity contribution in [1.82, 2.24) is 0 Å². The molecule has 2 aromatic carbocycles. The molecule has 1 atom stereocenters. The summed E-state index contributed by atoms with van der Waals surface area (Å²) in [5.41, 5.74) is 3.67. The van der Waals surface area contributed by atoms with Gasteiger partial charge in [-0.05, 0) is 31.5 Å². The first-order chi connectivity index (χ1) is 11.4. The molecule has 1 aliphatic rings. The summed E-state index contributed by atoms with van der Waals surface area (Å²) in [6.07, 6.45) is -0.0729. The van der Waals surface area contributed by atoms with Gasteiger partial charge in [-0.1, -0.05) is 42.0 Å². The summed E-state index contributed by atoms with van der Waals surface area (Å²) >= 11 is 0. The van der Waals surface area contributed by atoms with Crippen molar-refractivity contribution in [3.05, 3.63) is 65.7 Å². The predicted molar refractivity (Wildman–Crippen MR) is 94.6 cm³/mol. The van der Waals surface area contributed by atoms with Crippen LogP contribution in [0, 0.1) is 6.92 Å². The summed E-state index contributed by atoms with van der Waals surface area (Å²) in [7, 11) is 0. The Morgan fingerprint density at radius 1 is 1.29 bits per heavy atom.